The van der Waals surface area contributed by atoms with E-state index in [2.05, 4.69) is 25.3 Å². The molecule has 3 aromatic rings. The number of ether oxygens (including phenoxy) is 1. The molecule has 0 aromatic carbocycles. The molecule has 3 aromatic heterocycles. The monoisotopic (exact) mass is 359 g/mol. The highest BCUT2D eigenvalue weighted by atomic mass is 35.5. The summed E-state index contributed by atoms with van der Waals surface area (Å²) < 4.78 is 18.7. The maximum Gasteiger partial charge on any atom is 0.259 e. The van der Waals surface area contributed by atoms with Crippen LogP contribution in [0.5, 0.6) is 5.88 Å². The summed E-state index contributed by atoms with van der Waals surface area (Å²) in [6.45, 7) is 0. The van der Waals surface area contributed by atoms with Crippen LogP contribution in [0.1, 0.15) is 10.4 Å². The number of hydrogen-bond donors (Lipinski definition) is 1. The Hall–Kier alpha value is -3.13. The number of rotatable bonds is 4. The van der Waals surface area contributed by atoms with Crippen LogP contribution in [0.15, 0.2) is 43.1 Å². The highest BCUT2D eigenvalue weighted by Gasteiger charge is 2.14. The predicted octanol–water partition coefficient (Wildman–Crippen LogP) is 2.99. The van der Waals surface area contributed by atoms with E-state index >= 15 is 0 Å². The van der Waals surface area contributed by atoms with Crippen molar-refractivity contribution in [1.29, 1.82) is 0 Å². The van der Waals surface area contributed by atoms with Gasteiger partial charge in [-0.2, -0.15) is 0 Å². The summed E-state index contributed by atoms with van der Waals surface area (Å²) in [6.07, 6.45) is 6.50. The zero-order valence-electron chi connectivity index (χ0n) is 12.9. The summed E-state index contributed by atoms with van der Waals surface area (Å²) in [5.41, 5.74) is 0.877. The molecule has 1 amide bonds. The summed E-state index contributed by atoms with van der Waals surface area (Å²) in [5, 5.41) is 2.88. The largest absolute Gasteiger partial charge is 0.481 e. The van der Waals surface area contributed by atoms with Gasteiger partial charge in [0.05, 0.1) is 47.5 Å². The standard InChI is InChI=1S/C16H11ClFN5O2/c1-25-16-11(4-9(17)5-22-16)13-7-21-14(8-20-13)23-15(24)10-2-3-19-6-12(10)18/h2-8H,1H3,(H,21,23,24). The number of aromatic nitrogens is 4. The SMILES string of the molecule is COc1ncc(Cl)cc1-c1cnc(NC(=O)c2ccncc2F)cn1. The van der Waals surface area contributed by atoms with Crippen LogP contribution in [-0.2, 0) is 0 Å². The lowest BCUT2D eigenvalue weighted by Crippen LogP contribution is -2.15. The van der Waals surface area contributed by atoms with E-state index in [-0.39, 0.29) is 11.4 Å². The number of nitrogens with one attached hydrogen (secondary N) is 1. The van der Waals surface area contributed by atoms with Crippen molar-refractivity contribution in [2.75, 3.05) is 12.4 Å². The first kappa shape index (κ1) is 16.7. The van der Waals surface area contributed by atoms with E-state index in [4.69, 9.17) is 16.3 Å². The highest BCUT2D eigenvalue weighted by molar-refractivity contribution is 6.30. The van der Waals surface area contributed by atoms with E-state index in [1.54, 1.807) is 6.07 Å². The summed E-state index contributed by atoms with van der Waals surface area (Å²) in [6, 6.07) is 2.91. The quantitative estimate of drug-likeness (QED) is 0.770. The first-order valence-electron chi connectivity index (χ1n) is 7.01. The average molecular weight is 360 g/mol. The number of anilines is 1. The summed E-state index contributed by atoms with van der Waals surface area (Å²) in [7, 11) is 1.48. The third-order valence-electron chi connectivity index (χ3n) is 3.20. The van der Waals surface area contributed by atoms with Gasteiger partial charge >= 0.3 is 0 Å². The van der Waals surface area contributed by atoms with Crippen molar-refractivity contribution in [3.8, 4) is 17.1 Å². The first-order chi connectivity index (χ1) is 12.1. The molecule has 126 valence electrons. The maximum absolute atomic E-state index is 13.6. The predicted molar refractivity (Wildman–Crippen MR) is 89.0 cm³/mol. The normalized spacial score (nSPS) is 10.4. The molecule has 0 saturated carbocycles. The zero-order chi connectivity index (χ0) is 17.8. The van der Waals surface area contributed by atoms with Gasteiger partial charge in [-0.25, -0.2) is 14.4 Å². The molecule has 7 nitrogen and oxygen atoms in total. The van der Waals surface area contributed by atoms with Crippen LogP contribution in [0, 0.1) is 5.82 Å². The van der Waals surface area contributed by atoms with Crippen LogP contribution in [0.4, 0.5) is 10.2 Å². The van der Waals surface area contributed by atoms with Gasteiger partial charge in [-0.05, 0) is 12.1 Å². The van der Waals surface area contributed by atoms with Gasteiger partial charge in [-0.1, -0.05) is 11.6 Å². The molecule has 0 aliphatic carbocycles. The van der Waals surface area contributed by atoms with Gasteiger partial charge in [-0.3, -0.25) is 14.8 Å². The number of hydrogen-bond acceptors (Lipinski definition) is 6. The zero-order valence-corrected chi connectivity index (χ0v) is 13.7. The fraction of sp³-hybridized carbons (Fsp3) is 0.0625. The first-order valence-corrected chi connectivity index (χ1v) is 7.39. The van der Waals surface area contributed by atoms with E-state index in [9.17, 15) is 9.18 Å². The molecule has 3 rings (SSSR count). The smallest absolute Gasteiger partial charge is 0.259 e. The van der Waals surface area contributed by atoms with Crippen molar-refractivity contribution in [3.63, 3.8) is 0 Å². The van der Waals surface area contributed by atoms with Crippen molar-refractivity contribution >= 4 is 23.3 Å². The van der Waals surface area contributed by atoms with Gasteiger partial charge in [0.15, 0.2) is 11.6 Å². The Kier molecular flexibility index (Phi) is 4.80. The molecule has 9 heteroatoms. The number of nitrogens with zero attached hydrogens (tertiary/aromatic N) is 4. The number of carbonyl (C=O) groups excluding carboxylic acids is 1. The van der Waals surface area contributed by atoms with E-state index in [1.165, 1.54) is 38.0 Å². The third kappa shape index (κ3) is 3.69. The number of methoxy groups -OCH3 is 1. The third-order valence-corrected chi connectivity index (χ3v) is 3.40. The van der Waals surface area contributed by atoms with Gasteiger partial charge < -0.3 is 10.1 Å². The molecule has 1 N–H and O–H groups in total. The number of carbonyl (C=O) groups is 1. The van der Waals surface area contributed by atoms with Crippen molar-refractivity contribution in [2.24, 2.45) is 0 Å². The Bertz CT molecular complexity index is 921. The van der Waals surface area contributed by atoms with Crippen molar-refractivity contribution in [3.05, 3.63) is 59.5 Å². The van der Waals surface area contributed by atoms with Crippen LogP contribution in [0.25, 0.3) is 11.3 Å². The van der Waals surface area contributed by atoms with Crippen LogP contribution >= 0.6 is 11.6 Å². The molecule has 3 heterocycles. The highest BCUT2D eigenvalue weighted by Crippen LogP contribution is 2.28. The van der Waals surface area contributed by atoms with Crippen LogP contribution in [0.3, 0.4) is 0 Å². The molecule has 25 heavy (non-hydrogen) atoms. The molecule has 0 unspecified atom stereocenters. The molecular weight excluding hydrogens is 349 g/mol. The van der Waals surface area contributed by atoms with Crippen LogP contribution in [0.2, 0.25) is 5.02 Å². The van der Waals surface area contributed by atoms with E-state index in [1.807, 2.05) is 0 Å². The van der Waals surface area contributed by atoms with Gasteiger partial charge in [0.1, 0.15) is 0 Å². The van der Waals surface area contributed by atoms with Gasteiger partial charge in [0, 0.05) is 12.4 Å². The van der Waals surface area contributed by atoms with Gasteiger partial charge in [0.2, 0.25) is 5.88 Å². The minimum absolute atomic E-state index is 0.137. The number of amides is 1. The Labute approximate surface area is 146 Å². The van der Waals surface area contributed by atoms with E-state index in [0.717, 1.165) is 6.20 Å². The maximum atomic E-state index is 13.6. The summed E-state index contributed by atoms with van der Waals surface area (Å²) in [4.78, 5) is 28.0. The van der Waals surface area contributed by atoms with Crippen molar-refractivity contribution in [2.45, 2.75) is 0 Å². The fourth-order valence-electron chi connectivity index (χ4n) is 2.05. The van der Waals surface area contributed by atoms with E-state index < -0.39 is 11.7 Å². The minimum Gasteiger partial charge on any atom is -0.481 e. The second-order valence-electron chi connectivity index (χ2n) is 4.81. The number of pyridine rings is 2. The Morgan fingerprint density at radius 2 is 2.04 bits per heavy atom. The van der Waals surface area contributed by atoms with Gasteiger partial charge in [-0.15, -0.1) is 0 Å². The Balaban J connectivity index is 1.83. The van der Waals surface area contributed by atoms with E-state index in [0.29, 0.717) is 22.2 Å². The molecular formula is C16H11ClFN5O2. The lowest BCUT2D eigenvalue weighted by Gasteiger charge is -2.08. The molecule has 0 aliphatic heterocycles. The van der Waals surface area contributed by atoms with Crippen LogP contribution < -0.4 is 10.1 Å². The molecule has 0 atom stereocenters. The lowest BCUT2D eigenvalue weighted by atomic mass is 10.2. The average Bonchev–Trinajstić information content (AvgIpc) is 2.62. The molecule has 0 radical (unpaired) electrons. The van der Waals surface area contributed by atoms with Crippen molar-refractivity contribution in [1.82, 2.24) is 19.9 Å². The minimum atomic E-state index is -0.723. The molecule has 0 bridgehead atoms. The van der Waals surface area contributed by atoms with Crippen LogP contribution in [-0.4, -0.2) is 33.0 Å². The Morgan fingerprint density at radius 3 is 2.72 bits per heavy atom. The topological polar surface area (TPSA) is 89.9 Å². The Morgan fingerprint density at radius 1 is 1.20 bits per heavy atom. The second-order valence-corrected chi connectivity index (χ2v) is 5.24. The van der Waals surface area contributed by atoms with Crippen molar-refractivity contribution < 1.29 is 13.9 Å². The molecule has 0 fully saturated rings. The second kappa shape index (κ2) is 7.18. The molecule has 0 aliphatic rings. The summed E-state index contributed by atoms with van der Waals surface area (Å²) >= 11 is 5.94. The van der Waals surface area contributed by atoms with Gasteiger partial charge in [0.25, 0.3) is 5.91 Å². The number of halogens is 2. The molecule has 0 saturated heterocycles. The lowest BCUT2D eigenvalue weighted by molar-refractivity contribution is 0.102. The summed E-state index contributed by atoms with van der Waals surface area (Å²) in [5.74, 6) is -0.864. The fourth-order valence-corrected chi connectivity index (χ4v) is 2.21. The molecule has 0 spiro atoms.